The van der Waals surface area contributed by atoms with E-state index in [2.05, 4.69) is 19.2 Å². The van der Waals surface area contributed by atoms with Gasteiger partial charge in [-0.05, 0) is 36.1 Å². The number of hydrogen-bond acceptors (Lipinski definition) is 6. The fourth-order valence-corrected chi connectivity index (χ4v) is 4.55. The average molecular weight is 512 g/mol. The van der Waals surface area contributed by atoms with Crippen molar-refractivity contribution in [2.45, 2.75) is 39.2 Å². The summed E-state index contributed by atoms with van der Waals surface area (Å²) < 4.78 is 25.4. The van der Waals surface area contributed by atoms with E-state index in [-0.39, 0.29) is 37.6 Å². The first-order valence-corrected chi connectivity index (χ1v) is 12.8. The van der Waals surface area contributed by atoms with Crippen molar-refractivity contribution in [3.8, 4) is 0 Å². The predicted molar refractivity (Wildman–Crippen MR) is 139 cm³/mol. The highest BCUT2D eigenvalue weighted by Crippen LogP contribution is 2.28. The molecule has 2 aliphatic heterocycles. The van der Waals surface area contributed by atoms with E-state index < -0.39 is 18.0 Å². The summed E-state index contributed by atoms with van der Waals surface area (Å²) in [6, 6.07) is 12.2. The van der Waals surface area contributed by atoms with Crippen molar-refractivity contribution < 1.29 is 28.2 Å². The molecule has 1 atom stereocenters. The molecule has 0 spiro atoms. The molecule has 2 heterocycles. The number of ether oxygens (including phenoxy) is 2. The van der Waals surface area contributed by atoms with Gasteiger partial charge in [-0.3, -0.25) is 14.5 Å². The Bertz CT molecular complexity index is 1120. The van der Waals surface area contributed by atoms with Crippen molar-refractivity contribution in [3.05, 3.63) is 59.4 Å². The Morgan fingerprint density at radius 2 is 1.81 bits per heavy atom. The maximum Gasteiger partial charge on any atom is 0.414 e. The Morgan fingerprint density at radius 1 is 1.08 bits per heavy atom. The van der Waals surface area contributed by atoms with Crippen molar-refractivity contribution >= 4 is 29.2 Å². The second-order valence-electron chi connectivity index (χ2n) is 9.87. The number of nitrogens with one attached hydrogen (secondary N) is 1. The second-order valence-corrected chi connectivity index (χ2v) is 9.87. The fourth-order valence-electron chi connectivity index (χ4n) is 4.55. The van der Waals surface area contributed by atoms with E-state index in [4.69, 9.17) is 9.47 Å². The Balaban J connectivity index is 1.23. The largest absolute Gasteiger partial charge is 0.442 e. The zero-order valence-corrected chi connectivity index (χ0v) is 21.4. The smallest absolute Gasteiger partial charge is 0.414 e. The third-order valence-corrected chi connectivity index (χ3v) is 6.49. The number of rotatable bonds is 10. The molecule has 4 rings (SSSR count). The van der Waals surface area contributed by atoms with Crippen molar-refractivity contribution in [2.75, 3.05) is 49.2 Å². The van der Waals surface area contributed by atoms with E-state index in [1.165, 1.54) is 16.5 Å². The first-order chi connectivity index (χ1) is 17.8. The van der Waals surface area contributed by atoms with Crippen LogP contribution in [0.1, 0.15) is 42.6 Å². The molecule has 198 valence electrons. The highest BCUT2D eigenvalue weighted by molar-refractivity contribution is 5.98. The predicted octanol–water partition coefficient (Wildman–Crippen LogP) is 3.97. The quantitative estimate of drug-likeness (QED) is 0.486. The fraction of sp³-hybridized carbons (Fsp3) is 0.464. The van der Waals surface area contributed by atoms with Crippen LogP contribution in [-0.2, 0) is 20.7 Å². The van der Waals surface area contributed by atoms with E-state index >= 15 is 0 Å². The average Bonchev–Trinajstić information content (AvgIpc) is 3.27. The van der Waals surface area contributed by atoms with Crippen LogP contribution in [0.3, 0.4) is 0 Å². The topological polar surface area (TPSA) is 88.2 Å². The van der Waals surface area contributed by atoms with E-state index in [0.717, 1.165) is 6.42 Å². The summed E-state index contributed by atoms with van der Waals surface area (Å²) in [7, 11) is 0. The number of nitrogens with zero attached hydrogens (tertiary/aromatic N) is 2. The minimum absolute atomic E-state index is 0.0468. The molecular weight excluding hydrogens is 477 g/mol. The summed E-state index contributed by atoms with van der Waals surface area (Å²) in [5.74, 6) is -0.255. The van der Waals surface area contributed by atoms with Crippen molar-refractivity contribution in [3.63, 3.8) is 0 Å². The van der Waals surface area contributed by atoms with Crippen molar-refractivity contribution in [1.82, 2.24) is 5.32 Å². The molecule has 0 aliphatic carbocycles. The number of morpholine rings is 1. The molecule has 0 saturated carbocycles. The lowest BCUT2D eigenvalue weighted by atomic mass is 9.99. The first-order valence-electron chi connectivity index (χ1n) is 12.8. The van der Waals surface area contributed by atoms with Gasteiger partial charge in [-0.25, -0.2) is 9.18 Å². The lowest BCUT2D eigenvalue weighted by Gasteiger charge is -2.29. The van der Waals surface area contributed by atoms with Crippen LogP contribution in [0.25, 0.3) is 0 Å². The summed E-state index contributed by atoms with van der Waals surface area (Å²) in [5.41, 5.74) is 2.65. The molecule has 0 unspecified atom stereocenters. The maximum atomic E-state index is 14.8. The molecule has 2 aliphatic rings. The number of carbonyl (C=O) groups is 3. The van der Waals surface area contributed by atoms with Crippen LogP contribution in [0.4, 0.5) is 20.6 Å². The number of ketones is 1. The zero-order chi connectivity index (χ0) is 26.4. The van der Waals surface area contributed by atoms with Crippen LogP contribution in [-0.4, -0.2) is 63.3 Å². The molecular formula is C28H34FN3O5. The molecule has 0 bridgehead atoms. The molecule has 2 amide bonds. The standard InChI is InChI=1S/C28H34FN3O5/c1-19(2)15-20-3-5-21(6-4-20)26(33)9-10-27(34)30-17-23-18-32(28(35)37-23)22-7-8-25(24(29)16-22)31-11-13-36-14-12-31/h3-8,16,19,23H,9-15,17-18H2,1-2H3,(H,30,34)/t23-/m0/s1. The molecule has 8 nitrogen and oxygen atoms in total. The van der Waals surface area contributed by atoms with Crippen molar-refractivity contribution in [2.24, 2.45) is 5.92 Å². The number of hydrogen-bond donors (Lipinski definition) is 1. The monoisotopic (exact) mass is 511 g/mol. The highest BCUT2D eigenvalue weighted by atomic mass is 19.1. The van der Waals surface area contributed by atoms with Crippen LogP contribution >= 0.6 is 0 Å². The van der Waals surface area contributed by atoms with Gasteiger partial charge in [0.25, 0.3) is 0 Å². The van der Waals surface area contributed by atoms with Gasteiger partial charge in [0.1, 0.15) is 11.9 Å². The highest BCUT2D eigenvalue weighted by Gasteiger charge is 2.33. The van der Waals surface area contributed by atoms with Gasteiger partial charge in [-0.2, -0.15) is 0 Å². The number of amides is 2. The molecule has 2 aromatic carbocycles. The Hall–Kier alpha value is -3.46. The van der Waals surface area contributed by atoms with Crippen LogP contribution in [0.2, 0.25) is 0 Å². The van der Waals surface area contributed by atoms with Crippen LogP contribution in [0, 0.1) is 11.7 Å². The van der Waals surface area contributed by atoms with Gasteiger partial charge in [0.15, 0.2) is 5.78 Å². The van der Waals surface area contributed by atoms with Crippen LogP contribution in [0.15, 0.2) is 42.5 Å². The minimum Gasteiger partial charge on any atom is -0.442 e. The van der Waals surface area contributed by atoms with Gasteiger partial charge in [-0.1, -0.05) is 38.1 Å². The molecule has 2 fully saturated rings. The summed E-state index contributed by atoms with van der Waals surface area (Å²) in [6.07, 6.45) is -0.0582. The second kappa shape index (κ2) is 12.2. The summed E-state index contributed by atoms with van der Waals surface area (Å²) in [6.45, 7) is 6.92. The molecule has 37 heavy (non-hydrogen) atoms. The number of Topliss-reactive ketones (excluding diaryl/α,β-unsaturated/α-hetero) is 1. The van der Waals surface area contributed by atoms with Gasteiger partial charge in [-0.15, -0.1) is 0 Å². The van der Waals surface area contributed by atoms with E-state index in [1.807, 2.05) is 17.0 Å². The van der Waals surface area contributed by atoms with E-state index in [0.29, 0.717) is 49.2 Å². The number of benzene rings is 2. The normalized spacial score (nSPS) is 17.7. The Labute approximate surface area is 216 Å². The molecule has 9 heteroatoms. The third kappa shape index (κ3) is 7.07. The van der Waals surface area contributed by atoms with E-state index in [1.54, 1.807) is 24.3 Å². The molecule has 0 aromatic heterocycles. The zero-order valence-electron chi connectivity index (χ0n) is 21.4. The van der Waals surface area contributed by atoms with Crippen molar-refractivity contribution in [1.29, 1.82) is 0 Å². The maximum absolute atomic E-state index is 14.8. The van der Waals surface area contributed by atoms with Crippen LogP contribution < -0.4 is 15.1 Å². The van der Waals surface area contributed by atoms with Gasteiger partial charge in [0, 0.05) is 31.5 Å². The SMILES string of the molecule is CC(C)Cc1ccc(C(=O)CCC(=O)NC[C@H]2CN(c3ccc(N4CCOCC4)c(F)c3)C(=O)O2)cc1. The van der Waals surface area contributed by atoms with Crippen LogP contribution in [0.5, 0.6) is 0 Å². The number of cyclic esters (lactones) is 1. The van der Waals surface area contributed by atoms with Gasteiger partial charge in [0.2, 0.25) is 5.91 Å². The lowest BCUT2D eigenvalue weighted by Crippen LogP contribution is -2.37. The third-order valence-electron chi connectivity index (χ3n) is 6.49. The Kier molecular flexibility index (Phi) is 8.76. The number of carbonyl (C=O) groups excluding carboxylic acids is 3. The first kappa shape index (κ1) is 26.6. The molecule has 0 radical (unpaired) electrons. The Morgan fingerprint density at radius 3 is 2.49 bits per heavy atom. The van der Waals surface area contributed by atoms with E-state index in [9.17, 15) is 18.8 Å². The summed E-state index contributed by atoms with van der Waals surface area (Å²) in [4.78, 5) is 40.4. The summed E-state index contributed by atoms with van der Waals surface area (Å²) >= 11 is 0. The number of halogens is 1. The lowest BCUT2D eigenvalue weighted by molar-refractivity contribution is -0.121. The minimum atomic E-state index is -0.589. The molecule has 2 aromatic rings. The van der Waals surface area contributed by atoms with Gasteiger partial charge in [0.05, 0.1) is 37.7 Å². The molecule has 1 N–H and O–H groups in total. The molecule has 2 saturated heterocycles. The number of anilines is 2. The van der Waals surface area contributed by atoms with Gasteiger partial charge < -0.3 is 19.7 Å². The van der Waals surface area contributed by atoms with Gasteiger partial charge >= 0.3 is 6.09 Å². The summed E-state index contributed by atoms with van der Waals surface area (Å²) in [5, 5.41) is 2.73.